The van der Waals surface area contributed by atoms with Crippen molar-refractivity contribution >= 4 is 16.1 Å². The molecule has 0 saturated heterocycles. The normalized spacial score (nSPS) is 11.2. The quantitative estimate of drug-likeness (QED) is 0.553. The summed E-state index contributed by atoms with van der Waals surface area (Å²) in [5, 5.41) is 5.74. The van der Waals surface area contributed by atoms with E-state index in [-0.39, 0.29) is 20.3 Å². The van der Waals surface area contributed by atoms with E-state index in [1.54, 1.807) is 12.1 Å². The van der Waals surface area contributed by atoms with Gasteiger partial charge in [-0.05, 0) is 11.6 Å². The predicted octanol–water partition coefficient (Wildman–Crippen LogP) is -1.94. The molecule has 13 heavy (non-hydrogen) atoms. The maximum Gasteiger partial charge on any atom is 1.00 e. The molecule has 0 unspecified atom stereocenters. The molecule has 0 aliphatic carbocycles. The van der Waals surface area contributed by atoms with E-state index in [1.807, 2.05) is 18.2 Å². The van der Waals surface area contributed by atoms with E-state index in [2.05, 4.69) is 0 Å². The second kappa shape index (κ2) is 5.25. The molecule has 0 atom stereocenters. The molecule has 0 radical (unpaired) electrons. The zero-order valence-electron chi connectivity index (χ0n) is 8.34. The van der Waals surface area contributed by atoms with Crippen LogP contribution < -0.4 is 24.0 Å². The van der Waals surface area contributed by atoms with E-state index < -0.39 is 10.0 Å². The Labute approximate surface area is 91.4 Å². The summed E-state index contributed by atoms with van der Waals surface area (Å²) in [5.41, 5.74) is 0.812. The van der Waals surface area contributed by atoms with Crippen LogP contribution in [0.3, 0.4) is 0 Å². The number of benzene rings is 1. The molecule has 0 bridgehead atoms. The third kappa shape index (κ3) is 5.67. The van der Waals surface area contributed by atoms with Crippen LogP contribution in [0.15, 0.2) is 35.7 Å². The van der Waals surface area contributed by atoms with Gasteiger partial charge in [0.05, 0.1) is 0 Å². The third-order valence-corrected chi connectivity index (χ3v) is 1.77. The molecule has 1 rings (SSSR count). The summed E-state index contributed by atoms with van der Waals surface area (Å²) in [4.78, 5) is 0. The number of hydrogen-bond donors (Lipinski definition) is 1. The molecule has 66 valence electrons. The zero-order valence-corrected chi connectivity index (χ0v) is 8.16. The van der Waals surface area contributed by atoms with Crippen molar-refractivity contribution in [3.05, 3.63) is 41.3 Å². The first-order chi connectivity index (χ1) is 5.58. The number of nitrogens with two attached hydrogens (primary N) is 1. The van der Waals surface area contributed by atoms with E-state index in [0.29, 0.717) is 0 Å². The standard InChI is InChI=1S/C8H9NO2S.Li.H/c9-12(10,11)7-6-8-4-2-1-3-5-8;;/h1-7H,(H2,9,10,11);;/q;+1;-1. The Kier molecular flexibility index (Phi) is 5.04. The minimum Gasteiger partial charge on any atom is -1.00 e. The minimum atomic E-state index is -3.50. The van der Waals surface area contributed by atoms with Crippen molar-refractivity contribution in [3.8, 4) is 0 Å². The van der Waals surface area contributed by atoms with E-state index in [0.717, 1.165) is 11.0 Å². The van der Waals surface area contributed by atoms with Gasteiger partial charge in [0, 0.05) is 5.41 Å². The smallest absolute Gasteiger partial charge is 1.00 e. The molecule has 0 aromatic heterocycles. The molecule has 0 spiro atoms. The van der Waals surface area contributed by atoms with E-state index in [4.69, 9.17) is 5.14 Å². The van der Waals surface area contributed by atoms with E-state index in [9.17, 15) is 8.42 Å². The first-order valence-electron chi connectivity index (χ1n) is 3.34. The molecule has 2 N–H and O–H groups in total. The summed E-state index contributed by atoms with van der Waals surface area (Å²) >= 11 is 0. The Morgan fingerprint density at radius 1 is 1.23 bits per heavy atom. The topological polar surface area (TPSA) is 60.2 Å². The van der Waals surface area contributed by atoms with Gasteiger partial charge in [0.2, 0.25) is 10.0 Å². The monoisotopic (exact) mass is 191 g/mol. The molecule has 0 heterocycles. The zero-order chi connectivity index (χ0) is 9.03. The van der Waals surface area contributed by atoms with Gasteiger partial charge in [0.15, 0.2) is 0 Å². The van der Waals surface area contributed by atoms with Crippen LogP contribution in [0.25, 0.3) is 6.08 Å². The van der Waals surface area contributed by atoms with Crippen molar-refractivity contribution in [1.29, 1.82) is 0 Å². The third-order valence-electron chi connectivity index (χ3n) is 1.25. The molecule has 0 aliphatic heterocycles. The summed E-state index contributed by atoms with van der Waals surface area (Å²) in [6.45, 7) is 0. The Morgan fingerprint density at radius 3 is 2.23 bits per heavy atom. The van der Waals surface area contributed by atoms with Crippen molar-refractivity contribution in [3.63, 3.8) is 0 Å². The van der Waals surface area contributed by atoms with Gasteiger partial charge in [0.1, 0.15) is 0 Å². The van der Waals surface area contributed by atoms with Crippen LogP contribution in [-0.4, -0.2) is 8.42 Å². The Balaban J connectivity index is 0. The number of sulfonamides is 1. The summed E-state index contributed by atoms with van der Waals surface area (Å²) in [5.74, 6) is 0. The summed E-state index contributed by atoms with van der Waals surface area (Å²) < 4.78 is 21.0. The van der Waals surface area contributed by atoms with E-state index in [1.165, 1.54) is 6.08 Å². The van der Waals surface area contributed by atoms with Gasteiger partial charge < -0.3 is 1.43 Å². The van der Waals surface area contributed by atoms with Crippen LogP contribution in [0.2, 0.25) is 0 Å². The fraction of sp³-hybridized carbons (Fsp3) is 0. The van der Waals surface area contributed by atoms with Gasteiger partial charge >= 0.3 is 18.9 Å². The number of primary sulfonamides is 1. The fourth-order valence-electron chi connectivity index (χ4n) is 0.738. The van der Waals surface area contributed by atoms with E-state index >= 15 is 0 Å². The van der Waals surface area contributed by atoms with Crippen LogP contribution in [0.5, 0.6) is 0 Å². The van der Waals surface area contributed by atoms with Crippen LogP contribution in [0.4, 0.5) is 0 Å². The Morgan fingerprint density at radius 2 is 1.77 bits per heavy atom. The molecule has 0 saturated carbocycles. The molecule has 5 heteroatoms. The van der Waals surface area contributed by atoms with Gasteiger partial charge in [-0.1, -0.05) is 30.3 Å². The number of hydrogen-bond acceptors (Lipinski definition) is 2. The molecule has 0 amide bonds. The first kappa shape index (κ1) is 12.5. The molecular formula is C8H10LiNO2S. The second-order valence-electron chi connectivity index (χ2n) is 2.30. The van der Waals surface area contributed by atoms with Crippen molar-refractivity contribution in [1.82, 2.24) is 0 Å². The van der Waals surface area contributed by atoms with Crippen molar-refractivity contribution in [2.45, 2.75) is 0 Å². The molecule has 1 aromatic carbocycles. The van der Waals surface area contributed by atoms with Crippen molar-refractivity contribution < 1.29 is 28.7 Å². The average Bonchev–Trinajstić information content (AvgIpc) is 2.02. The largest absolute Gasteiger partial charge is 1.00 e. The Bertz CT molecular complexity index is 378. The molecule has 3 nitrogen and oxygen atoms in total. The number of rotatable bonds is 2. The van der Waals surface area contributed by atoms with Gasteiger partial charge in [-0.15, -0.1) is 0 Å². The SMILES string of the molecule is NS(=O)(=O)C=Cc1ccccc1.[H-].[Li+]. The summed E-state index contributed by atoms with van der Waals surface area (Å²) in [6.07, 6.45) is 1.45. The fourth-order valence-corrected chi connectivity index (χ4v) is 1.08. The van der Waals surface area contributed by atoms with Gasteiger partial charge in [0.25, 0.3) is 0 Å². The molecule has 0 fully saturated rings. The average molecular weight is 191 g/mol. The predicted molar refractivity (Wildman–Crippen MR) is 49.7 cm³/mol. The second-order valence-corrected chi connectivity index (χ2v) is 3.75. The minimum absolute atomic E-state index is 0. The first-order valence-corrected chi connectivity index (χ1v) is 4.95. The summed E-state index contributed by atoms with van der Waals surface area (Å²) in [6, 6.07) is 9.09. The van der Waals surface area contributed by atoms with Crippen LogP contribution in [-0.2, 0) is 10.0 Å². The maximum atomic E-state index is 10.5. The molecule has 0 aliphatic rings. The van der Waals surface area contributed by atoms with Gasteiger partial charge in [-0.3, -0.25) is 0 Å². The maximum absolute atomic E-state index is 10.5. The molecular weight excluding hydrogens is 181 g/mol. The van der Waals surface area contributed by atoms with Crippen molar-refractivity contribution in [2.75, 3.05) is 0 Å². The van der Waals surface area contributed by atoms with Crippen molar-refractivity contribution in [2.24, 2.45) is 5.14 Å². The molecule has 1 aromatic rings. The Hall–Kier alpha value is -0.533. The van der Waals surface area contributed by atoms with Gasteiger partial charge in [-0.25, -0.2) is 13.6 Å². The van der Waals surface area contributed by atoms with Gasteiger partial charge in [-0.2, -0.15) is 0 Å². The summed E-state index contributed by atoms with van der Waals surface area (Å²) in [7, 11) is -3.50. The van der Waals surface area contributed by atoms with Crippen LogP contribution >= 0.6 is 0 Å². The van der Waals surface area contributed by atoms with Crippen LogP contribution in [0, 0.1) is 0 Å². The van der Waals surface area contributed by atoms with Crippen LogP contribution in [0.1, 0.15) is 6.99 Å².